The first-order chi connectivity index (χ1) is 9.15. The van der Waals surface area contributed by atoms with Gasteiger partial charge in [-0.1, -0.05) is 31.9 Å². The number of benzene rings is 1. The molecule has 0 aliphatic heterocycles. The Morgan fingerprint density at radius 2 is 2.11 bits per heavy atom. The Labute approximate surface area is 111 Å². The summed E-state index contributed by atoms with van der Waals surface area (Å²) >= 11 is 0. The molecule has 6 heteroatoms. The van der Waals surface area contributed by atoms with Crippen molar-refractivity contribution in [2.75, 3.05) is 13.2 Å². The Morgan fingerprint density at radius 1 is 1.37 bits per heavy atom. The van der Waals surface area contributed by atoms with Crippen molar-refractivity contribution < 1.29 is 14.5 Å². The zero-order valence-electron chi connectivity index (χ0n) is 10.9. The van der Waals surface area contributed by atoms with Crippen molar-refractivity contribution >= 4 is 11.6 Å². The van der Waals surface area contributed by atoms with Crippen LogP contribution in [0, 0.1) is 10.1 Å². The van der Waals surface area contributed by atoms with E-state index in [1.807, 2.05) is 0 Å². The van der Waals surface area contributed by atoms with Crippen LogP contribution in [0.4, 0.5) is 5.69 Å². The van der Waals surface area contributed by atoms with E-state index in [0.717, 1.165) is 19.3 Å². The fourth-order valence-corrected chi connectivity index (χ4v) is 1.53. The number of amides is 1. The number of hydrogen-bond acceptors (Lipinski definition) is 4. The Hall–Kier alpha value is -2.11. The number of ether oxygens (including phenoxy) is 1. The second-order valence-electron chi connectivity index (χ2n) is 4.07. The average Bonchev–Trinajstić information content (AvgIpc) is 2.41. The summed E-state index contributed by atoms with van der Waals surface area (Å²) in [6.07, 6.45) is 3.07. The standard InChI is InChI=1S/C13H18N2O4/c1-2-3-6-9-14-13(16)10-19-12-8-5-4-7-11(12)15(17)18/h4-5,7-8H,2-3,6,9-10H2,1H3,(H,14,16). The van der Waals surface area contributed by atoms with Gasteiger partial charge in [0.05, 0.1) is 4.92 Å². The summed E-state index contributed by atoms with van der Waals surface area (Å²) in [7, 11) is 0. The molecule has 0 aliphatic carbocycles. The molecular weight excluding hydrogens is 248 g/mol. The van der Waals surface area contributed by atoms with Gasteiger partial charge in [-0.25, -0.2) is 0 Å². The van der Waals surface area contributed by atoms with Crippen LogP contribution in [-0.2, 0) is 4.79 Å². The summed E-state index contributed by atoms with van der Waals surface area (Å²) in [5.74, 6) is -0.162. The van der Waals surface area contributed by atoms with Crippen LogP contribution in [0.3, 0.4) is 0 Å². The minimum atomic E-state index is -0.533. The monoisotopic (exact) mass is 266 g/mol. The van der Waals surface area contributed by atoms with Gasteiger partial charge in [0.1, 0.15) is 0 Å². The molecule has 1 aromatic rings. The van der Waals surface area contributed by atoms with Gasteiger partial charge < -0.3 is 10.1 Å². The van der Waals surface area contributed by atoms with E-state index in [9.17, 15) is 14.9 Å². The van der Waals surface area contributed by atoms with Gasteiger partial charge in [0, 0.05) is 12.6 Å². The first-order valence-corrected chi connectivity index (χ1v) is 6.28. The lowest BCUT2D eigenvalue weighted by molar-refractivity contribution is -0.385. The van der Waals surface area contributed by atoms with Crippen LogP contribution in [0.15, 0.2) is 24.3 Å². The van der Waals surface area contributed by atoms with Crippen LogP contribution in [0.2, 0.25) is 0 Å². The Bertz CT molecular complexity index is 434. The summed E-state index contributed by atoms with van der Waals surface area (Å²) in [6, 6.07) is 5.99. The van der Waals surface area contributed by atoms with E-state index in [0.29, 0.717) is 6.54 Å². The number of unbranched alkanes of at least 4 members (excludes halogenated alkanes) is 2. The molecule has 1 amide bonds. The first kappa shape index (κ1) is 14.9. The molecule has 0 unspecified atom stereocenters. The van der Waals surface area contributed by atoms with Gasteiger partial charge in [0.25, 0.3) is 5.91 Å². The lowest BCUT2D eigenvalue weighted by Crippen LogP contribution is -2.29. The number of nitro benzene ring substituents is 1. The van der Waals surface area contributed by atoms with Crippen LogP contribution >= 0.6 is 0 Å². The fraction of sp³-hybridized carbons (Fsp3) is 0.462. The van der Waals surface area contributed by atoms with Crippen LogP contribution in [0.1, 0.15) is 26.2 Å². The Kier molecular flexibility index (Phi) is 6.35. The molecule has 1 aromatic carbocycles. The van der Waals surface area contributed by atoms with Gasteiger partial charge in [-0.3, -0.25) is 14.9 Å². The molecule has 0 fully saturated rings. The van der Waals surface area contributed by atoms with E-state index in [-0.39, 0.29) is 24.0 Å². The van der Waals surface area contributed by atoms with Gasteiger partial charge in [-0.05, 0) is 12.5 Å². The third-order valence-corrected chi connectivity index (χ3v) is 2.52. The normalized spacial score (nSPS) is 9.95. The topological polar surface area (TPSA) is 81.5 Å². The summed E-state index contributed by atoms with van der Waals surface area (Å²) in [4.78, 5) is 21.7. The smallest absolute Gasteiger partial charge is 0.310 e. The molecule has 0 saturated carbocycles. The zero-order chi connectivity index (χ0) is 14.1. The minimum absolute atomic E-state index is 0.108. The number of nitrogens with zero attached hydrogens (tertiary/aromatic N) is 1. The number of hydrogen-bond donors (Lipinski definition) is 1. The summed E-state index contributed by atoms with van der Waals surface area (Å²) in [5, 5.41) is 13.4. The van der Waals surface area contributed by atoms with E-state index in [1.54, 1.807) is 12.1 Å². The quantitative estimate of drug-likeness (QED) is 0.444. The van der Waals surface area contributed by atoms with Crippen LogP contribution in [0.5, 0.6) is 5.75 Å². The predicted molar refractivity (Wildman–Crippen MR) is 71.1 cm³/mol. The molecule has 0 atom stereocenters. The maximum atomic E-state index is 11.5. The van der Waals surface area contributed by atoms with E-state index >= 15 is 0 Å². The number of carbonyl (C=O) groups excluding carboxylic acids is 1. The van der Waals surface area contributed by atoms with Gasteiger partial charge in [-0.2, -0.15) is 0 Å². The lowest BCUT2D eigenvalue weighted by atomic mass is 10.2. The summed E-state index contributed by atoms with van der Waals surface area (Å²) in [6.45, 7) is 2.48. The predicted octanol–water partition coefficient (Wildman–Crippen LogP) is 2.28. The second-order valence-corrected chi connectivity index (χ2v) is 4.07. The van der Waals surface area contributed by atoms with Gasteiger partial charge >= 0.3 is 5.69 Å². The van der Waals surface area contributed by atoms with Crippen molar-refractivity contribution in [1.82, 2.24) is 5.32 Å². The maximum absolute atomic E-state index is 11.5. The molecule has 0 bridgehead atoms. The third kappa shape index (κ3) is 5.37. The summed E-state index contributed by atoms with van der Waals surface area (Å²) < 4.78 is 5.16. The van der Waals surface area contributed by atoms with Crippen molar-refractivity contribution in [3.8, 4) is 5.75 Å². The van der Waals surface area contributed by atoms with E-state index in [4.69, 9.17) is 4.74 Å². The lowest BCUT2D eigenvalue weighted by Gasteiger charge is -2.07. The molecule has 0 saturated heterocycles. The molecule has 19 heavy (non-hydrogen) atoms. The molecule has 0 heterocycles. The van der Waals surface area contributed by atoms with Crippen molar-refractivity contribution in [1.29, 1.82) is 0 Å². The molecule has 1 rings (SSSR count). The van der Waals surface area contributed by atoms with Crippen molar-refractivity contribution in [3.05, 3.63) is 34.4 Å². The van der Waals surface area contributed by atoms with Crippen molar-refractivity contribution in [2.24, 2.45) is 0 Å². The van der Waals surface area contributed by atoms with Crippen LogP contribution < -0.4 is 10.1 Å². The Morgan fingerprint density at radius 3 is 2.79 bits per heavy atom. The van der Waals surface area contributed by atoms with E-state index in [2.05, 4.69) is 12.2 Å². The SMILES string of the molecule is CCCCCNC(=O)COc1ccccc1[N+](=O)[O-]. The third-order valence-electron chi connectivity index (χ3n) is 2.52. The van der Waals surface area contributed by atoms with Crippen LogP contribution in [0.25, 0.3) is 0 Å². The number of nitro groups is 1. The fourth-order valence-electron chi connectivity index (χ4n) is 1.53. The Balaban J connectivity index is 2.40. The molecule has 0 aliphatic rings. The molecule has 0 aromatic heterocycles. The molecule has 6 nitrogen and oxygen atoms in total. The minimum Gasteiger partial charge on any atom is -0.477 e. The van der Waals surface area contributed by atoms with Gasteiger partial charge in [0.15, 0.2) is 12.4 Å². The van der Waals surface area contributed by atoms with Crippen molar-refractivity contribution in [3.63, 3.8) is 0 Å². The first-order valence-electron chi connectivity index (χ1n) is 6.28. The highest BCUT2D eigenvalue weighted by molar-refractivity contribution is 5.77. The average molecular weight is 266 g/mol. The van der Waals surface area contributed by atoms with Crippen LogP contribution in [-0.4, -0.2) is 24.0 Å². The summed E-state index contributed by atoms with van der Waals surface area (Å²) in [5.41, 5.74) is -0.138. The van der Waals surface area contributed by atoms with Crippen molar-refractivity contribution in [2.45, 2.75) is 26.2 Å². The van der Waals surface area contributed by atoms with Gasteiger partial charge in [0.2, 0.25) is 0 Å². The zero-order valence-corrected chi connectivity index (χ0v) is 10.9. The number of nitrogens with one attached hydrogen (secondary N) is 1. The number of carbonyl (C=O) groups is 1. The van der Waals surface area contributed by atoms with E-state index < -0.39 is 4.92 Å². The molecule has 1 N–H and O–H groups in total. The van der Waals surface area contributed by atoms with E-state index in [1.165, 1.54) is 12.1 Å². The highest BCUT2D eigenvalue weighted by Gasteiger charge is 2.14. The highest BCUT2D eigenvalue weighted by atomic mass is 16.6. The molecule has 0 radical (unpaired) electrons. The van der Waals surface area contributed by atoms with Gasteiger partial charge in [-0.15, -0.1) is 0 Å². The second kappa shape index (κ2) is 8.07. The largest absolute Gasteiger partial charge is 0.477 e. The molecule has 0 spiro atoms. The molecular formula is C13H18N2O4. The maximum Gasteiger partial charge on any atom is 0.310 e. The number of rotatable bonds is 8. The highest BCUT2D eigenvalue weighted by Crippen LogP contribution is 2.25. The number of para-hydroxylation sites is 2. The molecule has 104 valence electrons.